The number of carbonyl (C=O) groups excluding carboxylic acids is 1. The Morgan fingerprint density at radius 3 is 2.61 bits per heavy atom. The van der Waals surface area contributed by atoms with E-state index >= 15 is 0 Å². The third kappa shape index (κ3) is 4.69. The van der Waals surface area contributed by atoms with E-state index in [1.807, 2.05) is 13.0 Å². The quantitative estimate of drug-likeness (QED) is 0.391. The summed E-state index contributed by atoms with van der Waals surface area (Å²) >= 11 is 0.994. The summed E-state index contributed by atoms with van der Waals surface area (Å²) in [6.07, 6.45) is 1.49. The molecule has 0 unspecified atom stereocenters. The first-order chi connectivity index (χ1) is 15.8. The maximum atomic E-state index is 13.9. The number of aryl methyl sites for hydroxylation is 1. The molecule has 0 aliphatic heterocycles. The van der Waals surface area contributed by atoms with Gasteiger partial charge in [0.1, 0.15) is 21.4 Å². The molecule has 1 amide bonds. The van der Waals surface area contributed by atoms with E-state index in [0.29, 0.717) is 17.0 Å². The summed E-state index contributed by atoms with van der Waals surface area (Å²) in [5.41, 5.74) is 1.98. The van der Waals surface area contributed by atoms with E-state index < -0.39 is 21.7 Å². The van der Waals surface area contributed by atoms with Gasteiger partial charge in [-0.1, -0.05) is 24.3 Å². The average molecular weight is 485 g/mol. The zero-order chi connectivity index (χ0) is 23.6. The van der Waals surface area contributed by atoms with E-state index in [1.165, 1.54) is 31.5 Å². The van der Waals surface area contributed by atoms with E-state index in [0.717, 1.165) is 21.2 Å². The molecule has 1 N–H and O–H groups in total. The van der Waals surface area contributed by atoms with Gasteiger partial charge in [0.2, 0.25) is 0 Å². The van der Waals surface area contributed by atoms with Crippen molar-refractivity contribution in [1.82, 2.24) is 5.32 Å². The predicted octanol–water partition coefficient (Wildman–Crippen LogP) is 5.21. The lowest BCUT2D eigenvalue weighted by molar-refractivity contribution is 0.0949. The van der Waals surface area contributed by atoms with Gasteiger partial charge in [0, 0.05) is 18.0 Å². The molecular weight excluding hydrogens is 463 g/mol. The Labute approximate surface area is 195 Å². The highest BCUT2D eigenvalue weighted by molar-refractivity contribution is 7.93. The highest BCUT2D eigenvalue weighted by Gasteiger charge is 2.32. The summed E-state index contributed by atoms with van der Waals surface area (Å²) in [7, 11) is -2.74. The SMILES string of the molecule is Cc1cccc(N(C)S(=O)(=O)c2c(-c3cccc(F)c3)csc2C(=O)NCc2ccco2)c1. The fraction of sp³-hybridized carbons (Fsp3) is 0.125. The first-order valence-electron chi connectivity index (χ1n) is 10.0. The van der Waals surface area contributed by atoms with Gasteiger partial charge < -0.3 is 9.73 Å². The van der Waals surface area contributed by atoms with Crippen molar-refractivity contribution in [2.24, 2.45) is 0 Å². The van der Waals surface area contributed by atoms with Crippen LogP contribution in [0.25, 0.3) is 11.1 Å². The van der Waals surface area contributed by atoms with Gasteiger partial charge in [-0.2, -0.15) is 0 Å². The number of halogens is 1. The molecule has 4 aromatic rings. The molecule has 0 aliphatic rings. The minimum atomic E-state index is -4.17. The van der Waals surface area contributed by atoms with Gasteiger partial charge in [0.05, 0.1) is 18.5 Å². The zero-order valence-corrected chi connectivity index (χ0v) is 19.5. The van der Waals surface area contributed by atoms with Crippen LogP contribution in [0.3, 0.4) is 0 Å². The number of hydrogen-bond acceptors (Lipinski definition) is 5. The molecular formula is C24H21FN2O4S2. The number of nitrogens with zero attached hydrogens (tertiary/aromatic N) is 1. The summed E-state index contributed by atoms with van der Waals surface area (Å²) in [5, 5.41) is 4.26. The summed E-state index contributed by atoms with van der Waals surface area (Å²) in [6, 6.07) is 16.1. The van der Waals surface area contributed by atoms with Crippen molar-refractivity contribution in [3.63, 3.8) is 0 Å². The molecule has 4 rings (SSSR count). The number of amides is 1. The van der Waals surface area contributed by atoms with Crippen molar-refractivity contribution in [2.45, 2.75) is 18.4 Å². The first kappa shape index (κ1) is 22.8. The van der Waals surface area contributed by atoms with E-state index in [1.54, 1.807) is 41.8 Å². The lowest BCUT2D eigenvalue weighted by Crippen LogP contribution is -2.30. The van der Waals surface area contributed by atoms with Crippen molar-refractivity contribution < 1.29 is 22.0 Å². The predicted molar refractivity (Wildman–Crippen MR) is 126 cm³/mol. The van der Waals surface area contributed by atoms with Gasteiger partial charge >= 0.3 is 0 Å². The van der Waals surface area contributed by atoms with Crippen molar-refractivity contribution >= 4 is 33.0 Å². The van der Waals surface area contributed by atoms with Gasteiger partial charge in [-0.05, 0) is 54.4 Å². The fourth-order valence-corrected chi connectivity index (χ4v) is 6.24. The Morgan fingerprint density at radius 1 is 1.12 bits per heavy atom. The van der Waals surface area contributed by atoms with Crippen LogP contribution in [-0.4, -0.2) is 21.4 Å². The molecule has 33 heavy (non-hydrogen) atoms. The van der Waals surface area contributed by atoms with Crippen molar-refractivity contribution in [2.75, 3.05) is 11.4 Å². The van der Waals surface area contributed by atoms with E-state index in [4.69, 9.17) is 4.42 Å². The van der Waals surface area contributed by atoms with Gasteiger partial charge in [-0.25, -0.2) is 12.8 Å². The third-order valence-electron chi connectivity index (χ3n) is 5.07. The van der Waals surface area contributed by atoms with Crippen LogP contribution in [0.5, 0.6) is 0 Å². The van der Waals surface area contributed by atoms with Crippen LogP contribution < -0.4 is 9.62 Å². The molecule has 0 atom stereocenters. The standard InChI is InChI=1S/C24H21FN2O4S2/c1-16-6-3-9-19(12-16)27(2)33(29,30)23-21(17-7-4-8-18(25)13-17)15-32-22(23)24(28)26-14-20-10-5-11-31-20/h3-13,15H,14H2,1-2H3,(H,26,28). The molecule has 9 heteroatoms. The van der Waals surface area contributed by atoms with Crippen LogP contribution in [0.1, 0.15) is 21.0 Å². The summed E-state index contributed by atoms with van der Waals surface area (Å²) < 4.78 is 47.9. The van der Waals surface area contributed by atoms with Crippen LogP contribution in [0.15, 0.2) is 81.6 Å². The highest BCUT2D eigenvalue weighted by atomic mass is 32.2. The van der Waals surface area contributed by atoms with E-state index in [-0.39, 0.29) is 21.9 Å². The normalized spacial score (nSPS) is 11.4. The number of furan rings is 1. The molecule has 0 spiro atoms. The monoisotopic (exact) mass is 484 g/mol. The summed E-state index contributed by atoms with van der Waals surface area (Å²) in [5.74, 6) is -0.528. The van der Waals surface area contributed by atoms with Crippen LogP contribution in [0, 0.1) is 12.7 Å². The fourth-order valence-electron chi connectivity index (χ4n) is 3.38. The summed E-state index contributed by atoms with van der Waals surface area (Å²) in [4.78, 5) is 12.9. The second-order valence-corrected chi connectivity index (χ2v) is 10.2. The van der Waals surface area contributed by atoms with Crippen molar-refractivity contribution in [3.05, 3.63) is 94.3 Å². The molecule has 2 heterocycles. The number of benzene rings is 2. The minimum absolute atomic E-state index is 0.0142. The number of sulfonamides is 1. The minimum Gasteiger partial charge on any atom is -0.467 e. The van der Waals surface area contributed by atoms with E-state index in [2.05, 4.69) is 5.32 Å². The van der Waals surface area contributed by atoms with Gasteiger partial charge in [0.25, 0.3) is 15.9 Å². The Bertz CT molecular complexity index is 1400. The number of carbonyl (C=O) groups is 1. The van der Waals surface area contributed by atoms with Crippen LogP contribution in [0.4, 0.5) is 10.1 Å². The number of anilines is 1. The maximum absolute atomic E-state index is 13.9. The molecule has 0 bridgehead atoms. The van der Waals surface area contributed by atoms with Crippen molar-refractivity contribution in [3.8, 4) is 11.1 Å². The molecule has 0 fully saturated rings. The Balaban J connectivity index is 1.81. The smallest absolute Gasteiger partial charge is 0.266 e. The van der Waals surface area contributed by atoms with Crippen LogP contribution in [-0.2, 0) is 16.6 Å². The largest absolute Gasteiger partial charge is 0.467 e. The summed E-state index contributed by atoms with van der Waals surface area (Å²) in [6.45, 7) is 1.96. The van der Waals surface area contributed by atoms with Gasteiger partial charge in [0.15, 0.2) is 0 Å². The van der Waals surface area contributed by atoms with Crippen LogP contribution >= 0.6 is 11.3 Å². The van der Waals surface area contributed by atoms with Crippen molar-refractivity contribution in [1.29, 1.82) is 0 Å². The molecule has 0 aliphatic carbocycles. The second kappa shape index (κ2) is 9.21. The lowest BCUT2D eigenvalue weighted by Gasteiger charge is -2.21. The molecule has 0 saturated heterocycles. The Hall–Kier alpha value is -3.43. The number of rotatable bonds is 7. The van der Waals surface area contributed by atoms with Crippen LogP contribution in [0.2, 0.25) is 0 Å². The molecule has 2 aromatic heterocycles. The number of hydrogen-bond donors (Lipinski definition) is 1. The third-order valence-corrected chi connectivity index (χ3v) is 8.05. The molecule has 6 nitrogen and oxygen atoms in total. The topological polar surface area (TPSA) is 79.6 Å². The Morgan fingerprint density at radius 2 is 1.91 bits per heavy atom. The maximum Gasteiger partial charge on any atom is 0.266 e. The molecule has 2 aromatic carbocycles. The average Bonchev–Trinajstić information content (AvgIpc) is 3.47. The zero-order valence-electron chi connectivity index (χ0n) is 17.9. The molecule has 0 radical (unpaired) electrons. The van der Waals surface area contributed by atoms with Gasteiger partial charge in [-0.15, -0.1) is 11.3 Å². The highest BCUT2D eigenvalue weighted by Crippen LogP contribution is 2.38. The lowest BCUT2D eigenvalue weighted by atomic mass is 10.1. The number of thiophene rings is 1. The van der Waals surface area contributed by atoms with E-state index in [9.17, 15) is 17.6 Å². The molecule has 0 saturated carbocycles. The first-order valence-corrected chi connectivity index (χ1v) is 12.3. The number of nitrogens with one attached hydrogen (secondary N) is 1. The Kier molecular flexibility index (Phi) is 6.35. The second-order valence-electron chi connectivity index (χ2n) is 7.39. The van der Waals surface area contributed by atoms with Gasteiger partial charge in [-0.3, -0.25) is 9.10 Å². The molecule has 170 valence electrons.